The van der Waals surface area contributed by atoms with E-state index in [9.17, 15) is 19.2 Å². The van der Waals surface area contributed by atoms with Crippen molar-refractivity contribution >= 4 is 35.5 Å². The van der Waals surface area contributed by atoms with Crippen LogP contribution in [0.2, 0.25) is 0 Å². The smallest absolute Gasteiger partial charge is 0.328 e. The molecule has 1 saturated heterocycles. The zero-order valence-corrected chi connectivity index (χ0v) is 18.8. The summed E-state index contributed by atoms with van der Waals surface area (Å²) in [5, 5.41) is 2.68. The minimum absolute atomic E-state index is 0.0427. The van der Waals surface area contributed by atoms with Crippen molar-refractivity contribution in [1.29, 1.82) is 0 Å². The Morgan fingerprint density at radius 1 is 1.30 bits per heavy atom. The van der Waals surface area contributed by atoms with E-state index < -0.39 is 29.9 Å². The van der Waals surface area contributed by atoms with E-state index in [-0.39, 0.29) is 17.7 Å². The summed E-state index contributed by atoms with van der Waals surface area (Å²) < 4.78 is 4.85. The lowest BCUT2D eigenvalue weighted by Gasteiger charge is -2.25. The quantitative estimate of drug-likeness (QED) is 0.648. The Morgan fingerprint density at radius 3 is 2.50 bits per heavy atom. The van der Waals surface area contributed by atoms with Gasteiger partial charge in [0.15, 0.2) is 0 Å². The molecule has 0 aromatic heterocycles. The van der Waals surface area contributed by atoms with E-state index in [0.717, 1.165) is 5.56 Å². The Balaban J connectivity index is 2.29. The van der Waals surface area contributed by atoms with Crippen LogP contribution in [-0.2, 0) is 31.0 Å². The summed E-state index contributed by atoms with van der Waals surface area (Å²) in [4.78, 5) is 50.4. The van der Waals surface area contributed by atoms with Gasteiger partial charge in [-0.3, -0.25) is 14.4 Å². The number of esters is 1. The number of nitrogens with one attached hydrogen (secondary N) is 1. The molecule has 3 N–H and O–H groups in total. The summed E-state index contributed by atoms with van der Waals surface area (Å²) in [6.45, 7) is 7.46. The van der Waals surface area contributed by atoms with Crippen molar-refractivity contribution in [3.63, 3.8) is 0 Å². The summed E-state index contributed by atoms with van der Waals surface area (Å²) >= 11 is 1.47. The first-order chi connectivity index (χ1) is 14.0. The SMILES string of the molecule is COC(=O)[C@H](Cc1ccc(C(C)(C)C)cc1C(N)=O)NC(=O)[C@H]1CSCN1C(C)=O. The zero-order chi connectivity index (χ0) is 22.6. The van der Waals surface area contributed by atoms with Gasteiger partial charge in [-0.25, -0.2) is 4.79 Å². The maximum atomic E-state index is 12.8. The molecule has 3 amide bonds. The van der Waals surface area contributed by atoms with Crippen LogP contribution in [0.4, 0.5) is 0 Å². The largest absolute Gasteiger partial charge is 0.467 e. The molecule has 1 aromatic carbocycles. The van der Waals surface area contributed by atoms with Crippen molar-refractivity contribution in [2.75, 3.05) is 18.7 Å². The fourth-order valence-electron chi connectivity index (χ4n) is 3.24. The minimum Gasteiger partial charge on any atom is -0.467 e. The lowest BCUT2D eigenvalue weighted by molar-refractivity contribution is -0.146. The number of hydrogen-bond acceptors (Lipinski definition) is 6. The second-order valence-electron chi connectivity index (χ2n) is 8.28. The summed E-state index contributed by atoms with van der Waals surface area (Å²) in [5.41, 5.74) is 7.15. The van der Waals surface area contributed by atoms with Gasteiger partial charge in [0.05, 0.1) is 13.0 Å². The monoisotopic (exact) mass is 435 g/mol. The van der Waals surface area contributed by atoms with E-state index in [1.54, 1.807) is 12.1 Å². The van der Waals surface area contributed by atoms with E-state index in [0.29, 0.717) is 22.8 Å². The molecule has 2 atom stereocenters. The van der Waals surface area contributed by atoms with Crippen LogP contribution in [0.5, 0.6) is 0 Å². The van der Waals surface area contributed by atoms with Gasteiger partial charge in [-0.1, -0.05) is 32.9 Å². The third-order valence-corrected chi connectivity index (χ3v) is 6.07. The molecule has 0 spiro atoms. The second kappa shape index (κ2) is 9.51. The van der Waals surface area contributed by atoms with Gasteiger partial charge in [-0.2, -0.15) is 0 Å². The number of nitrogens with two attached hydrogens (primary N) is 1. The number of nitrogens with zero attached hydrogens (tertiary/aromatic N) is 1. The van der Waals surface area contributed by atoms with Gasteiger partial charge in [0, 0.05) is 24.7 Å². The number of primary amides is 1. The van der Waals surface area contributed by atoms with Crippen LogP contribution in [0.25, 0.3) is 0 Å². The molecule has 9 heteroatoms. The summed E-state index contributed by atoms with van der Waals surface area (Å²) in [6, 6.07) is 3.68. The number of rotatable bonds is 6. The fourth-order valence-corrected chi connectivity index (χ4v) is 4.46. The molecule has 8 nitrogen and oxygen atoms in total. The number of benzene rings is 1. The number of thioether (sulfide) groups is 1. The van der Waals surface area contributed by atoms with E-state index >= 15 is 0 Å². The molecule has 164 valence electrons. The van der Waals surface area contributed by atoms with Gasteiger partial charge in [0.1, 0.15) is 12.1 Å². The molecular formula is C21H29N3O5S. The van der Waals surface area contributed by atoms with Gasteiger partial charge >= 0.3 is 5.97 Å². The van der Waals surface area contributed by atoms with Crippen molar-refractivity contribution in [1.82, 2.24) is 10.2 Å². The molecular weight excluding hydrogens is 406 g/mol. The highest BCUT2D eigenvalue weighted by Crippen LogP contribution is 2.26. The standard InChI is InChI=1S/C21H29N3O5S/c1-12(25)24-11-30-10-17(24)19(27)23-16(20(28)29-5)8-13-6-7-14(21(2,3)4)9-15(13)18(22)26/h6-7,9,16-17H,8,10-11H2,1-5H3,(H2,22,26)(H,23,27)/t16-,17+/m0/s1. The highest BCUT2D eigenvalue weighted by Gasteiger charge is 2.35. The minimum atomic E-state index is -1.01. The predicted molar refractivity (Wildman–Crippen MR) is 115 cm³/mol. The molecule has 1 fully saturated rings. The van der Waals surface area contributed by atoms with Crippen LogP contribution in [0.3, 0.4) is 0 Å². The Bertz CT molecular complexity index is 850. The maximum absolute atomic E-state index is 12.8. The first kappa shape index (κ1) is 23.7. The van der Waals surface area contributed by atoms with Crippen LogP contribution < -0.4 is 11.1 Å². The number of ether oxygens (including phenoxy) is 1. The number of carbonyl (C=O) groups excluding carboxylic acids is 4. The maximum Gasteiger partial charge on any atom is 0.328 e. The molecule has 0 unspecified atom stereocenters. The Labute approximate surface area is 180 Å². The molecule has 0 aliphatic carbocycles. The van der Waals surface area contributed by atoms with Gasteiger partial charge in [-0.15, -0.1) is 11.8 Å². The van der Waals surface area contributed by atoms with E-state index in [1.807, 2.05) is 26.8 Å². The van der Waals surface area contributed by atoms with Crippen LogP contribution in [0, 0.1) is 0 Å². The summed E-state index contributed by atoms with van der Waals surface area (Å²) in [6.07, 6.45) is 0.0427. The van der Waals surface area contributed by atoms with Gasteiger partial charge in [-0.05, 0) is 22.6 Å². The van der Waals surface area contributed by atoms with Crippen LogP contribution in [0.1, 0.15) is 49.2 Å². The average molecular weight is 436 g/mol. The number of carbonyl (C=O) groups is 4. The first-order valence-corrected chi connectivity index (χ1v) is 10.8. The van der Waals surface area contributed by atoms with Crippen molar-refractivity contribution in [3.05, 3.63) is 34.9 Å². The molecule has 1 aliphatic heterocycles. The lowest BCUT2D eigenvalue weighted by Crippen LogP contribution is -2.52. The normalized spacial score (nSPS) is 17.4. The zero-order valence-electron chi connectivity index (χ0n) is 18.0. The Morgan fingerprint density at radius 2 is 1.97 bits per heavy atom. The molecule has 2 rings (SSSR count). The van der Waals surface area contributed by atoms with Gasteiger partial charge in [0.25, 0.3) is 0 Å². The summed E-state index contributed by atoms with van der Waals surface area (Å²) in [7, 11) is 1.23. The number of amides is 3. The van der Waals surface area contributed by atoms with Gasteiger partial charge < -0.3 is 20.7 Å². The summed E-state index contributed by atoms with van der Waals surface area (Å²) in [5.74, 6) is -1.01. The first-order valence-electron chi connectivity index (χ1n) is 9.62. The number of hydrogen-bond donors (Lipinski definition) is 2. The van der Waals surface area contributed by atoms with E-state index in [2.05, 4.69) is 5.32 Å². The molecule has 0 radical (unpaired) electrons. The molecule has 30 heavy (non-hydrogen) atoms. The predicted octanol–water partition coefficient (Wildman–Crippen LogP) is 1.20. The van der Waals surface area contributed by atoms with Crippen LogP contribution in [-0.4, -0.2) is 59.4 Å². The van der Waals surface area contributed by atoms with Crippen molar-refractivity contribution in [2.45, 2.75) is 51.6 Å². The van der Waals surface area contributed by atoms with Gasteiger partial charge in [0.2, 0.25) is 17.7 Å². The Hall–Kier alpha value is -2.55. The second-order valence-corrected chi connectivity index (χ2v) is 9.28. The fraction of sp³-hybridized carbons (Fsp3) is 0.524. The molecule has 1 aliphatic rings. The van der Waals surface area contributed by atoms with E-state index in [4.69, 9.17) is 10.5 Å². The third kappa shape index (κ3) is 5.53. The van der Waals surface area contributed by atoms with Crippen molar-refractivity contribution < 1.29 is 23.9 Å². The molecule has 0 bridgehead atoms. The Kier molecular flexibility index (Phi) is 7.52. The molecule has 0 saturated carbocycles. The van der Waals surface area contributed by atoms with E-state index in [1.165, 1.54) is 30.7 Å². The molecule has 1 heterocycles. The molecule has 1 aromatic rings. The topological polar surface area (TPSA) is 119 Å². The van der Waals surface area contributed by atoms with Crippen LogP contribution >= 0.6 is 11.8 Å². The highest BCUT2D eigenvalue weighted by atomic mass is 32.2. The highest BCUT2D eigenvalue weighted by molar-refractivity contribution is 7.99. The average Bonchev–Trinajstić information content (AvgIpc) is 3.16. The van der Waals surface area contributed by atoms with Crippen molar-refractivity contribution in [2.24, 2.45) is 5.73 Å². The number of methoxy groups -OCH3 is 1. The van der Waals surface area contributed by atoms with Crippen LogP contribution in [0.15, 0.2) is 18.2 Å². The van der Waals surface area contributed by atoms with Crippen molar-refractivity contribution in [3.8, 4) is 0 Å². The third-order valence-electron chi connectivity index (χ3n) is 5.06. The lowest BCUT2D eigenvalue weighted by atomic mass is 9.84.